The van der Waals surface area contributed by atoms with Crippen molar-refractivity contribution >= 4 is 11.4 Å². The van der Waals surface area contributed by atoms with Crippen LogP contribution in [-0.4, -0.2) is 0 Å². The van der Waals surface area contributed by atoms with Crippen molar-refractivity contribution in [2.24, 2.45) is 0 Å². The lowest BCUT2D eigenvalue weighted by atomic mass is 10.1. The van der Waals surface area contributed by atoms with Gasteiger partial charge >= 0.3 is 0 Å². The van der Waals surface area contributed by atoms with Gasteiger partial charge < -0.3 is 11.1 Å². The van der Waals surface area contributed by atoms with Crippen molar-refractivity contribution in [2.75, 3.05) is 11.1 Å². The third-order valence-corrected chi connectivity index (χ3v) is 2.64. The number of nitrogens with one attached hydrogen (secondary N) is 1. The van der Waals surface area contributed by atoms with Gasteiger partial charge in [-0.3, -0.25) is 0 Å². The monoisotopic (exact) mass is 230 g/mol. The lowest BCUT2D eigenvalue weighted by Crippen LogP contribution is -2.04. The number of hydrogen-bond acceptors (Lipinski definition) is 2. The van der Waals surface area contributed by atoms with Gasteiger partial charge in [-0.05, 0) is 24.6 Å². The first-order valence-electron chi connectivity index (χ1n) is 5.50. The van der Waals surface area contributed by atoms with Crippen molar-refractivity contribution in [1.29, 1.82) is 0 Å². The van der Waals surface area contributed by atoms with Crippen molar-refractivity contribution in [3.05, 3.63) is 59.4 Å². The van der Waals surface area contributed by atoms with Crippen molar-refractivity contribution in [2.45, 2.75) is 13.5 Å². The Balaban J connectivity index is 2.10. The summed E-state index contributed by atoms with van der Waals surface area (Å²) in [5.41, 5.74) is 8.81. The average molecular weight is 230 g/mol. The van der Waals surface area contributed by atoms with Gasteiger partial charge in [-0.15, -0.1) is 0 Å². The molecule has 0 amide bonds. The minimum absolute atomic E-state index is 0.322. The maximum Gasteiger partial charge on any atom is 0.148 e. The van der Waals surface area contributed by atoms with E-state index in [1.165, 1.54) is 11.6 Å². The summed E-state index contributed by atoms with van der Waals surface area (Å²) in [5.74, 6) is -0.322. The first-order valence-corrected chi connectivity index (χ1v) is 5.50. The van der Waals surface area contributed by atoms with Crippen LogP contribution in [0.25, 0.3) is 0 Å². The lowest BCUT2D eigenvalue weighted by Gasteiger charge is -2.10. The minimum atomic E-state index is -0.322. The van der Waals surface area contributed by atoms with Crippen molar-refractivity contribution < 1.29 is 4.39 Å². The van der Waals surface area contributed by atoms with Gasteiger partial charge in [0.1, 0.15) is 5.82 Å². The highest BCUT2D eigenvalue weighted by Crippen LogP contribution is 2.22. The maximum atomic E-state index is 13.5. The van der Waals surface area contributed by atoms with Gasteiger partial charge in [-0.2, -0.15) is 0 Å². The summed E-state index contributed by atoms with van der Waals surface area (Å²) in [6.07, 6.45) is 0. The van der Waals surface area contributed by atoms with E-state index >= 15 is 0 Å². The number of nitrogens with two attached hydrogens (primary N) is 1. The van der Waals surface area contributed by atoms with Crippen LogP contribution in [0, 0.1) is 12.7 Å². The van der Waals surface area contributed by atoms with Crippen LogP contribution in [0.5, 0.6) is 0 Å². The van der Waals surface area contributed by atoms with Crippen LogP contribution in [0.4, 0.5) is 15.8 Å². The average Bonchev–Trinajstić information content (AvgIpc) is 2.31. The summed E-state index contributed by atoms with van der Waals surface area (Å²) in [4.78, 5) is 0. The standard InChI is InChI=1S/C14H15FN2/c1-10-5-7-11(8-6-10)9-17-14-12(15)3-2-4-13(14)16/h2-8,17H,9,16H2,1H3. The SMILES string of the molecule is Cc1ccc(CNc2c(N)cccc2F)cc1. The molecule has 0 aliphatic carbocycles. The van der Waals surface area contributed by atoms with Gasteiger partial charge in [-0.25, -0.2) is 4.39 Å². The molecule has 0 radical (unpaired) electrons. The Hall–Kier alpha value is -2.03. The second-order valence-corrected chi connectivity index (χ2v) is 4.04. The smallest absolute Gasteiger partial charge is 0.148 e. The molecule has 17 heavy (non-hydrogen) atoms. The molecule has 0 saturated carbocycles. The normalized spacial score (nSPS) is 10.2. The Morgan fingerprint density at radius 1 is 1.12 bits per heavy atom. The molecule has 88 valence electrons. The largest absolute Gasteiger partial charge is 0.397 e. The number of para-hydroxylation sites is 1. The summed E-state index contributed by atoms with van der Waals surface area (Å²) in [7, 11) is 0. The van der Waals surface area contributed by atoms with E-state index in [1.54, 1.807) is 12.1 Å². The summed E-state index contributed by atoms with van der Waals surface area (Å²) in [6, 6.07) is 12.8. The number of anilines is 2. The first kappa shape index (κ1) is 11.5. The first-order chi connectivity index (χ1) is 8.16. The van der Waals surface area contributed by atoms with Gasteiger partial charge in [-0.1, -0.05) is 35.9 Å². The van der Waals surface area contributed by atoms with Gasteiger partial charge in [0.2, 0.25) is 0 Å². The van der Waals surface area contributed by atoms with Crippen LogP contribution in [-0.2, 0) is 6.54 Å². The molecular formula is C14H15FN2. The molecule has 0 aromatic heterocycles. The Morgan fingerprint density at radius 2 is 1.82 bits per heavy atom. The molecule has 0 bridgehead atoms. The fourth-order valence-electron chi connectivity index (χ4n) is 1.62. The second-order valence-electron chi connectivity index (χ2n) is 4.04. The summed E-state index contributed by atoms with van der Waals surface area (Å²) in [6.45, 7) is 2.59. The molecule has 0 aliphatic rings. The molecule has 3 N–H and O–H groups in total. The van der Waals surface area contributed by atoms with E-state index in [-0.39, 0.29) is 5.82 Å². The zero-order valence-corrected chi connectivity index (χ0v) is 9.70. The Kier molecular flexibility index (Phi) is 3.28. The highest BCUT2D eigenvalue weighted by molar-refractivity contribution is 5.66. The molecule has 2 nitrogen and oxygen atoms in total. The van der Waals surface area contributed by atoms with E-state index in [0.29, 0.717) is 17.9 Å². The maximum absolute atomic E-state index is 13.5. The lowest BCUT2D eigenvalue weighted by molar-refractivity contribution is 0.631. The molecule has 0 fully saturated rings. The Morgan fingerprint density at radius 3 is 2.47 bits per heavy atom. The van der Waals surface area contributed by atoms with Crippen LogP contribution in [0.1, 0.15) is 11.1 Å². The predicted molar refractivity (Wildman–Crippen MR) is 69.3 cm³/mol. The summed E-state index contributed by atoms with van der Waals surface area (Å²) < 4.78 is 13.5. The van der Waals surface area contributed by atoms with Gasteiger partial charge in [0.15, 0.2) is 0 Å². The van der Waals surface area contributed by atoms with Crippen molar-refractivity contribution in [3.8, 4) is 0 Å². The molecule has 0 unspecified atom stereocenters. The zero-order chi connectivity index (χ0) is 12.3. The van der Waals surface area contributed by atoms with E-state index in [4.69, 9.17) is 5.73 Å². The van der Waals surface area contributed by atoms with Gasteiger partial charge in [0.05, 0.1) is 11.4 Å². The van der Waals surface area contributed by atoms with Crippen molar-refractivity contribution in [3.63, 3.8) is 0 Å². The highest BCUT2D eigenvalue weighted by Gasteiger charge is 2.04. The third kappa shape index (κ3) is 2.75. The second kappa shape index (κ2) is 4.87. The van der Waals surface area contributed by atoms with E-state index in [9.17, 15) is 4.39 Å². The molecule has 0 spiro atoms. The van der Waals surface area contributed by atoms with Crippen LogP contribution < -0.4 is 11.1 Å². The van der Waals surface area contributed by atoms with E-state index in [2.05, 4.69) is 5.32 Å². The molecule has 2 aromatic rings. The molecule has 0 aliphatic heterocycles. The number of nitrogen functional groups attached to an aromatic ring is 1. The summed E-state index contributed by atoms with van der Waals surface area (Å²) >= 11 is 0. The Bertz CT molecular complexity index is 486. The van der Waals surface area contributed by atoms with E-state index < -0.39 is 0 Å². The molecular weight excluding hydrogens is 215 g/mol. The predicted octanol–water partition coefficient (Wildman–Crippen LogP) is 3.33. The molecule has 2 rings (SSSR count). The minimum Gasteiger partial charge on any atom is -0.397 e. The van der Waals surface area contributed by atoms with Crippen LogP contribution in [0.15, 0.2) is 42.5 Å². The van der Waals surface area contributed by atoms with Crippen LogP contribution in [0.3, 0.4) is 0 Å². The molecule has 0 saturated heterocycles. The Labute approximate surface area is 100 Å². The van der Waals surface area contributed by atoms with Crippen molar-refractivity contribution in [1.82, 2.24) is 0 Å². The number of hydrogen-bond donors (Lipinski definition) is 2. The van der Waals surface area contributed by atoms with Crippen LogP contribution in [0.2, 0.25) is 0 Å². The fourth-order valence-corrected chi connectivity index (χ4v) is 1.62. The molecule has 2 aromatic carbocycles. The van der Waals surface area contributed by atoms with Crippen LogP contribution >= 0.6 is 0 Å². The number of benzene rings is 2. The number of rotatable bonds is 3. The molecule has 0 heterocycles. The number of aryl methyl sites for hydroxylation is 1. The zero-order valence-electron chi connectivity index (χ0n) is 9.70. The van der Waals surface area contributed by atoms with Gasteiger partial charge in [0, 0.05) is 6.54 Å². The topological polar surface area (TPSA) is 38.0 Å². The molecule has 3 heteroatoms. The number of halogens is 1. The fraction of sp³-hybridized carbons (Fsp3) is 0.143. The quantitative estimate of drug-likeness (QED) is 0.794. The highest BCUT2D eigenvalue weighted by atomic mass is 19.1. The third-order valence-electron chi connectivity index (χ3n) is 2.64. The van der Waals surface area contributed by atoms with E-state index in [0.717, 1.165) is 5.56 Å². The summed E-state index contributed by atoms with van der Waals surface area (Å²) in [5, 5.41) is 3.02. The van der Waals surface area contributed by atoms with E-state index in [1.807, 2.05) is 31.2 Å². The van der Waals surface area contributed by atoms with Gasteiger partial charge in [0.25, 0.3) is 0 Å². The molecule has 0 atom stereocenters.